The lowest BCUT2D eigenvalue weighted by molar-refractivity contribution is 0.0746. The summed E-state index contributed by atoms with van der Waals surface area (Å²) in [6.07, 6.45) is 3.15. The number of hydrogen-bond donors (Lipinski definition) is 0. The van der Waals surface area contributed by atoms with E-state index in [1.165, 1.54) is 16.2 Å². The summed E-state index contributed by atoms with van der Waals surface area (Å²) in [7, 11) is -0.526. The molecule has 35 heavy (non-hydrogen) atoms. The zero-order valence-electron chi connectivity index (χ0n) is 19.8. The Balaban J connectivity index is 1.36. The molecule has 4 heteroatoms. The minimum absolute atomic E-state index is 0.180. The molecule has 1 heterocycles. The second kappa shape index (κ2) is 11.7. The minimum Gasteiger partial charge on any atom is -0.335 e. The highest BCUT2D eigenvalue weighted by Crippen LogP contribution is 2.38. The Kier molecular flexibility index (Phi) is 7.98. The predicted octanol–water partition coefficient (Wildman–Crippen LogP) is 6.72. The quantitative estimate of drug-likeness (QED) is 0.200. The molecule has 176 valence electrons. The molecule has 0 aliphatic carbocycles. The van der Waals surface area contributed by atoms with Crippen LogP contribution in [0.2, 0.25) is 0 Å². The number of hydrogen-bond acceptors (Lipinski definition) is 2. The lowest BCUT2D eigenvalue weighted by atomic mass is 10.2. The Morgan fingerprint density at radius 1 is 0.771 bits per heavy atom. The third-order valence-corrected chi connectivity index (χ3v) is 10.3. The van der Waals surface area contributed by atoms with Crippen LogP contribution in [-0.2, 0) is 5.75 Å². The molecule has 4 aromatic carbocycles. The molecule has 0 radical (unpaired) electrons. The fourth-order valence-electron chi connectivity index (χ4n) is 4.74. The van der Waals surface area contributed by atoms with Crippen molar-refractivity contribution in [2.24, 2.45) is 0 Å². The van der Waals surface area contributed by atoms with Gasteiger partial charge in [0.25, 0.3) is 5.91 Å². The third kappa shape index (κ3) is 5.86. The van der Waals surface area contributed by atoms with E-state index >= 15 is 0 Å². The van der Waals surface area contributed by atoms with E-state index in [0.717, 1.165) is 41.8 Å². The largest absolute Gasteiger partial charge is 0.335 e. The number of amides is 1. The zero-order valence-corrected chi connectivity index (χ0v) is 21.5. The molecule has 0 bridgehead atoms. The highest BCUT2D eigenvalue weighted by molar-refractivity contribution is 7.98. The van der Waals surface area contributed by atoms with Crippen LogP contribution in [0.5, 0.6) is 0 Å². The first-order valence-corrected chi connectivity index (χ1v) is 14.8. The van der Waals surface area contributed by atoms with Gasteiger partial charge in [0, 0.05) is 23.2 Å². The lowest BCUT2D eigenvalue weighted by Gasteiger charge is -2.30. The summed E-state index contributed by atoms with van der Waals surface area (Å²) in [6, 6.07) is 40.5. The van der Waals surface area contributed by atoms with Gasteiger partial charge < -0.3 is 4.90 Å². The first-order valence-electron chi connectivity index (χ1n) is 12.2. The van der Waals surface area contributed by atoms with Gasteiger partial charge in [-0.3, -0.25) is 4.79 Å². The van der Waals surface area contributed by atoms with Crippen LogP contribution in [0.4, 0.5) is 0 Å². The Morgan fingerprint density at radius 3 is 2.00 bits per heavy atom. The highest BCUT2D eigenvalue weighted by Gasteiger charge is 2.33. The average molecular weight is 496 g/mol. The van der Waals surface area contributed by atoms with Crippen molar-refractivity contribution in [2.75, 3.05) is 12.7 Å². The van der Waals surface area contributed by atoms with Gasteiger partial charge in [-0.05, 0) is 55.2 Å². The maximum Gasteiger partial charge on any atom is 0.255 e. The second-order valence-electron chi connectivity index (χ2n) is 8.85. The summed E-state index contributed by atoms with van der Waals surface area (Å²) in [6.45, 7) is 0.841. The van der Waals surface area contributed by atoms with Crippen LogP contribution < -0.4 is 10.6 Å². The number of likely N-dealkylation sites (tertiary alicyclic amines) is 1. The highest BCUT2D eigenvalue weighted by atomic mass is 32.2. The van der Waals surface area contributed by atoms with Gasteiger partial charge in [0.1, 0.15) is 0 Å². The minimum atomic E-state index is -0.526. The van der Waals surface area contributed by atoms with Crippen molar-refractivity contribution in [1.29, 1.82) is 0 Å². The molecular weight excluding hydrogens is 465 g/mol. The van der Waals surface area contributed by atoms with Gasteiger partial charge in [0.15, 0.2) is 0 Å². The molecule has 0 saturated carbocycles. The average Bonchev–Trinajstić information content (AvgIpc) is 3.40. The van der Waals surface area contributed by atoms with Crippen molar-refractivity contribution in [3.63, 3.8) is 0 Å². The van der Waals surface area contributed by atoms with E-state index in [1.54, 1.807) is 11.8 Å². The molecule has 1 saturated heterocycles. The van der Waals surface area contributed by atoms with Crippen molar-refractivity contribution in [2.45, 2.75) is 29.5 Å². The van der Waals surface area contributed by atoms with E-state index in [1.807, 2.05) is 24.3 Å². The van der Waals surface area contributed by atoms with Gasteiger partial charge in [0.05, 0.1) is 5.56 Å². The van der Waals surface area contributed by atoms with E-state index < -0.39 is 7.92 Å². The van der Waals surface area contributed by atoms with Gasteiger partial charge in [0.2, 0.25) is 0 Å². The van der Waals surface area contributed by atoms with Gasteiger partial charge in [-0.25, -0.2) is 0 Å². The summed E-state index contributed by atoms with van der Waals surface area (Å²) in [5, 5.41) is 2.76. The second-order valence-corrected chi connectivity index (χ2v) is 12.1. The van der Waals surface area contributed by atoms with Crippen molar-refractivity contribution >= 4 is 36.2 Å². The van der Waals surface area contributed by atoms with E-state index in [-0.39, 0.29) is 11.9 Å². The maximum atomic E-state index is 13.9. The van der Waals surface area contributed by atoms with E-state index in [2.05, 4.69) is 95.9 Å². The number of carbonyl (C=O) groups excluding carboxylic acids is 1. The molecule has 2 nitrogen and oxygen atoms in total. The van der Waals surface area contributed by atoms with E-state index in [0.29, 0.717) is 0 Å². The fourth-order valence-corrected chi connectivity index (χ4v) is 8.32. The van der Waals surface area contributed by atoms with Gasteiger partial charge in [-0.1, -0.05) is 103 Å². The summed E-state index contributed by atoms with van der Waals surface area (Å²) in [5.41, 5.74) is 2.11. The molecule has 0 unspecified atom stereocenters. The normalized spacial score (nSPS) is 15.5. The smallest absolute Gasteiger partial charge is 0.255 e. The predicted molar refractivity (Wildman–Crippen MR) is 150 cm³/mol. The molecule has 5 rings (SSSR count). The van der Waals surface area contributed by atoms with Gasteiger partial charge in [-0.2, -0.15) is 0 Å². The summed E-state index contributed by atoms with van der Waals surface area (Å²) < 4.78 is 0. The van der Waals surface area contributed by atoms with Crippen LogP contribution in [0.3, 0.4) is 0 Å². The lowest BCUT2D eigenvalue weighted by Crippen LogP contribution is -2.38. The van der Waals surface area contributed by atoms with E-state index in [9.17, 15) is 4.79 Å². The molecule has 1 aliphatic heterocycles. The van der Waals surface area contributed by atoms with Crippen LogP contribution in [0.15, 0.2) is 120 Å². The fraction of sp³-hybridized carbons (Fsp3) is 0.194. The number of thioether (sulfide) groups is 1. The molecule has 1 fully saturated rings. The van der Waals surface area contributed by atoms with Crippen LogP contribution in [-0.4, -0.2) is 29.6 Å². The number of carbonyl (C=O) groups is 1. The van der Waals surface area contributed by atoms with Crippen molar-refractivity contribution in [3.8, 4) is 0 Å². The van der Waals surface area contributed by atoms with Crippen LogP contribution in [0.1, 0.15) is 28.8 Å². The van der Waals surface area contributed by atoms with Gasteiger partial charge in [-0.15, -0.1) is 11.8 Å². The molecule has 0 aromatic heterocycles. The van der Waals surface area contributed by atoms with Crippen LogP contribution >= 0.6 is 19.7 Å². The van der Waals surface area contributed by atoms with Crippen molar-refractivity contribution in [3.05, 3.63) is 126 Å². The first kappa shape index (κ1) is 23.9. The SMILES string of the molecule is O=C(c1ccccc1SCc1ccccc1)N1CCC[C@H]1CP(c1ccccc1)c1ccccc1. The van der Waals surface area contributed by atoms with Crippen molar-refractivity contribution < 1.29 is 4.79 Å². The first-order chi connectivity index (χ1) is 17.3. The van der Waals surface area contributed by atoms with Crippen molar-refractivity contribution in [1.82, 2.24) is 4.90 Å². The van der Waals surface area contributed by atoms with E-state index in [4.69, 9.17) is 0 Å². The summed E-state index contributed by atoms with van der Waals surface area (Å²) in [4.78, 5) is 17.1. The summed E-state index contributed by atoms with van der Waals surface area (Å²) >= 11 is 1.75. The number of rotatable bonds is 8. The number of nitrogens with zero attached hydrogens (tertiary/aromatic N) is 1. The Hall–Kier alpha value is -2.87. The van der Waals surface area contributed by atoms with Gasteiger partial charge >= 0.3 is 0 Å². The Labute approximate surface area is 214 Å². The van der Waals surface area contributed by atoms with Crippen LogP contribution in [0.25, 0.3) is 0 Å². The zero-order chi connectivity index (χ0) is 23.9. The molecular formula is C31H30NOPS. The molecule has 0 N–H and O–H groups in total. The molecule has 1 amide bonds. The molecule has 0 spiro atoms. The molecule has 1 aliphatic rings. The van der Waals surface area contributed by atoms with Crippen LogP contribution in [0, 0.1) is 0 Å². The standard InChI is InChI=1S/C31H30NOPS/c33-31(29-20-10-11-21-30(29)35-24-25-13-4-1-5-14-25)32-22-12-15-26(32)23-34(27-16-6-2-7-17-27)28-18-8-3-9-19-28/h1-11,13-14,16-21,26H,12,15,22-24H2/t26-/m0/s1. The summed E-state index contributed by atoms with van der Waals surface area (Å²) in [5.74, 6) is 1.04. The monoisotopic (exact) mass is 495 g/mol. The maximum absolute atomic E-state index is 13.9. The number of benzene rings is 4. The Bertz CT molecular complexity index is 1190. The third-order valence-electron chi connectivity index (χ3n) is 6.52. The topological polar surface area (TPSA) is 20.3 Å². The molecule has 4 aromatic rings. The Morgan fingerprint density at radius 2 is 1.34 bits per heavy atom. The molecule has 1 atom stereocenters.